The van der Waals surface area contributed by atoms with Crippen molar-refractivity contribution in [3.8, 4) is 67.9 Å². The Morgan fingerprint density at radius 3 is 0.538 bits per heavy atom. The van der Waals surface area contributed by atoms with Crippen molar-refractivity contribution in [2.75, 3.05) is 62.3 Å². The van der Waals surface area contributed by atoms with Crippen LogP contribution in [0, 0.1) is 20.8 Å². The molecule has 12 aromatic rings. The van der Waals surface area contributed by atoms with Gasteiger partial charge in [-0.05, 0) is 183 Å². The number of hydrogen-bond acceptors (Lipinski definition) is 10. The summed E-state index contributed by atoms with van der Waals surface area (Å²) in [5.41, 5.74) is 20.1. The SMILES string of the molecule is COc1cc(N(c2ccccc2)c2cccc(C)c2)ccc1-c1ccc(N(c2ccc(-c3ccc(N(c4ccccc4)c4cccc(C)c4)cc3OC)c(OC)c2)c2ccc(-c3ccc(N(c4ccccc4)c4cccc(C)c4)cc3OC)c(OC)c2)cc1OC. The summed E-state index contributed by atoms with van der Waals surface area (Å²) in [5.74, 6) is 3.98. The lowest BCUT2D eigenvalue weighted by Crippen LogP contribution is -2.12. The van der Waals surface area contributed by atoms with Gasteiger partial charge in [-0.3, -0.25) is 0 Å². The highest BCUT2D eigenvalue weighted by Crippen LogP contribution is 2.50. The van der Waals surface area contributed by atoms with Gasteiger partial charge in [-0.2, -0.15) is 0 Å². The minimum atomic E-state index is 0.638. The molecule has 0 saturated heterocycles. The first kappa shape index (κ1) is 59.9. The Bertz CT molecular complexity index is 4060. The molecule has 0 aliphatic carbocycles. The fourth-order valence-corrected chi connectivity index (χ4v) is 12.1. The highest BCUT2D eigenvalue weighted by Gasteiger charge is 2.25. The molecule has 0 saturated carbocycles. The summed E-state index contributed by atoms with van der Waals surface area (Å²) in [4.78, 5) is 8.91. The van der Waals surface area contributed by atoms with Crippen molar-refractivity contribution in [1.29, 1.82) is 0 Å². The predicted molar refractivity (Wildman–Crippen MR) is 375 cm³/mol. The van der Waals surface area contributed by atoms with Crippen LogP contribution in [0.5, 0.6) is 34.5 Å². The van der Waals surface area contributed by atoms with E-state index in [0.29, 0.717) is 34.5 Å². The van der Waals surface area contributed by atoms with Crippen molar-refractivity contribution in [3.63, 3.8) is 0 Å². The molecule has 12 rings (SSSR count). The van der Waals surface area contributed by atoms with Crippen molar-refractivity contribution in [1.82, 2.24) is 0 Å². The lowest BCUT2D eigenvalue weighted by atomic mass is 9.99. The summed E-state index contributed by atoms with van der Waals surface area (Å²) in [5, 5.41) is 0. The third-order valence-electron chi connectivity index (χ3n) is 16.4. The van der Waals surface area contributed by atoms with Crippen LogP contribution >= 0.6 is 0 Å². The van der Waals surface area contributed by atoms with Gasteiger partial charge in [-0.1, -0.05) is 91.0 Å². The number of para-hydroxylation sites is 3. The molecular weight excluding hydrogens is 1120 g/mol. The number of anilines is 12. The maximum atomic E-state index is 6.39. The third-order valence-corrected chi connectivity index (χ3v) is 16.4. The first-order valence-electron chi connectivity index (χ1n) is 30.2. The van der Waals surface area contributed by atoms with Gasteiger partial charge in [0.1, 0.15) is 34.5 Å². The molecule has 0 radical (unpaired) electrons. The second-order valence-electron chi connectivity index (χ2n) is 22.2. The van der Waals surface area contributed by atoms with Crippen molar-refractivity contribution >= 4 is 68.2 Å². The van der Waals surface area contributed by atoms with Crippen molar-refractivity contribution < 1.29 is 28.4 Å². The Hall–Kier alpha value is -11.4. The molecule has 0 atom stereocenters. The summed E-state index contributed by atoms with van der Waals surface area (Å²) in [6.07, 6.45) is 0. The van der Waals surface area contributed by atoms with Gasteiger partial charge in [-0.25, -0.2) is 0 Å². The average molecular weight is 1200 g/mol. The molecule has 0 N–H and O–H groups in total. The van der Waals surface area contributed by atoms with Crippen molar-refractivity contribution in [2.45, 2.75) is 20.8 Å². The highest BCUT2D eigenvalue weighted by atomic mass is 16.5. The van der Waals surface area contributed by atoms with Crippen LogP contribution in [0.25, 0.3) is 33.4 Å². The van der Waals surface area contributed by atoms with E-state index in [0.717, 1.165) is 118 Å². The first-order valence-corrected chi connectivity index (χ1v) is 30.2. The summed E-state index contributed by atoms with van der Waals surface area (Å²) in [6.45, 7) is 6.33. The maximum absolute atomic E-state index is 6.39. The monoisotopic (exact) mass is 1200 g/mol. The third kappa shape index (κ3) is 12.4. The molecule has 0 fully saturated rings. The fourth-order valence-electron chi connectivity index (χ4n) is 12.1. The summed E-state index contributed by atoms with van der Waals surface area (Å²) < 4.78 is 38.0. The zero-order chi connectivity index (χ0) is 63.0. The minimum Gasteiger partial charge on any atom is -0.496 e. The van der Waals surface area contributed by atoms with E-state index in [9.17, 15) is 0 Å². The quantitative estimate of drug-likeness (QED) is 0.0695. The molecule has 0 aliphatic heterocycles. The molecule has 10 heteroatoms. The molecule has 0 bridgehead atoms. The Morgan fingerprint density at radius 2 is 0.352 bits per heavy atom. The van der Waals surface area contributed by atoms with Gasteiger partial charge in [0.05, 0.1) is 42.7 Å². The summed E-state index contributed by atoms with van der Waals surface area (Å²) >= 11 is 0. The van der Waals surface area contributed by atoms with Gasteiger partial charge < -0.3 is 48.0 Å². The number of aryl methyl sites for hydroxylation is 3. The topological polar surface area (TPSA) is 68.3 Å². The number of rotatable bonds is 21. The zero-order valence-corrected chi connectivity index (χ0v) is 52.7. The number of ether oxygens (including phenoxy) is 6. The van der Waals surface area contributed by atoms with Crippen LogP contribution in [-0.4, -0.2) is 42.7 Å². The lowest BCUT2D eigenvalue weighted by molar-refractivity contribution is 0.410. The largest absolute Gasteiger partial charge is 0.496 e. The van der Waals surface area contributed by atoms with E-state index >= 15 is 0 Å². The van der Waals surface area contributed by atoms with Gasteiger partial charge in [0.25, 0.3) is 0 Å². The van der Waals surface area contributed by atoms with Crippen molar-refractivity contribution in [2.24, 2.45) is 0 Å². The smallest absolute Gasteiger partial charge is 0.128 e. The molecule has 0 aromatic heterocycles. The van der Waals surface area contributed by atoms with E-state index in [4.69, 9.17) is 28.4 Å². The van der Waals surface area contributed by atoms with E-state index in [1.165, 1.54) is 0 Å². The molecule has 91 heavy (non-hydrogen) atoms. The second-order valence-corrected chi connectivity index (χ2v) is 22.2. The fraction of sp³-hybridized carbons (Fsp3) is 0.111. The second kappa shape index (κ2) is 26.9. The maximum Gasteiger partial charge on any atom is 0.128 e. The van der Waals surface area contributed by atoms with E-state index in [1.807, 2.05) is 18.2 Å². The summed E-state index contributed by atoms with van der Waals surface area (Å²) in [6, 6.07) is 94.4. The molecule has 0 aliphatic rings. The first-order chi connectivity index (χ1) is 44.6. The van der Waals surface area contributed by atoms with Gasteiger partial charge in [0.2, 0.25) is 0 Å². The molecule has 10 nitrogen and oxygen atoms in total. The Morgan fingerprint density at radius 1 is 0.176 bits per heavy atom. The van der Waals surface area contributed by atoms with Crippen LogP contribution in [0.3, 0.4) is 0 Å². The van der Waals surface area contributed by atoms with E-state index in [1.54, 1.807) is 42.7 Å². The van der Waals surface area contributed by atoms with Crippen LogP contribution in [0.1, 0.15) is 16.7 Å². The molecule has 0 spiro atoms. The van der Waals surface area contributed by atoms with Gasteiger partial charge >= 0.3 is 0 Å². The zero-order valence-electron chi connectivity index (χ0n) is 52.7. The Balaban J connectivity index is 0.971. The van der Waals surface area contributed by atoms with E-state index in [-0.39, 0.29) is 0 Å². The number of methoxy groups -OCH3 is 6. The van der Waals surface area contributed by atoms with Crippen LogP contribution in [0.4, 0.5) is 68.2 Å². The molecule has 452 valence electrons. The Labute approximate surface area is 534 Å². The van der Waals surface area contributed by atoms with Gasteiger partial charge in [0.15, 0.2) is 0 Å². The predicted octanol–water partition coefficient (Wildman–Crippen LogP) is 21.5. The minimum absolute atomic E-state index is 0.638. The van der Waals surface area contributed by atoms with Crippen LogP contribution in [-0.2, 0) is 0 Å². The normalized spacial score (nSPS) is 10.9. The van der Waals surface area contributed by atoms with E-state index < -0.39 is 0 Å². The van der Waals surface area contributed by atoms with Crippen LogP contribution in [0.15, 0.2) is 273 Å². The summed E-state index contributed by atoms with van der Waals surface area (Å²) in [7, 11) is 10.2. The standard InChI is InChI=1S/C81H72N4O6/c1-55-22-19-31-61(46-55)82(58-25-13-10-14-26-58)64-34-40-70(76(49-64)86-4)73-43-37-67(52-79(73)89-7)85(68-38-44-74(80(53-68)90-8)71-41-35-65(50-77(71)87-5)83(59-27-15-11-16-28-59)62-32-20-23-56(2)47-62)69-39-45-75(81(54-69)91-9)72-42-36-66(51-78(72)88-6)84(60-29-17-12-18-30-60)63-33-21-24-57(3)48-63/h10-54H,1-9H3. The van der Waals surface area contributed by atoms with E-state index in [2.05, 4.69) is 295 Å². The van der Waals surface area contributed by atoms with Crippen LogP contribution < -0.4 is 48.0 Å². The number of hydrogen-bond donors (Lipinski definition) is 0. The number of nitrogens with zero attached hydrogens (tertiary/aromatic N) is 4. The van der Waals surface area contributed by atoms with Crippen LogP contribution in [0.2, 0.25) is 0 Å². The Kier molecular flexibility index (Phi) is 17.8. The van der Waals surface area contributed by atoms with Gasteiger partial charge in [-0.15, -0.1) is 0 Å². The van der Waals surface area contributed by atoms with Crippen molar-refractivity contribution in [3.05, 3.63) is 290 Å². The lowest BCUT2D eigenvalue weighted by Gasteiger charge is -2.29. The van der Waals surface area contributed by atoms with Gasteiger partial charge in [0, 0.05) is 138 Å². The molecule has 12 aromatic carbocycles. The highest BCUT2D eigenvalue weighted by molar-refractivity contribution is 5.91. The number of benzene rings is 12. The molecule has 0 heterocycles. The molecular formula is C81H72N4O6. The average Bonchev–Trinajstić information content (AvgIpc) is 1.38. The molecule has 0 unspecified atom stereocenters. The molecule has 0 amide bonds.